The first-order chi connectivity index (χ1) is 12.0. The first-order valence-electron chi connectivity index (χ1n) is 9.36. The van der Waals surface area contributed by atoms with Crippen molar-refractivity contribution in [2.45, 2.75) is 52.9 Å². The molecule has 0 amide bonds. The SMILES string of the molecule is CN=C(NCCCN1CC(C)OC(C)C1)NCc1ccc(C)cc1C.I. The Morgan fingerprint density at radius 2 is 1.88 bits per heavy atom. The van der Waals surface area contributed by atoms with Gasteiger partial charge in [-0.25, -0.2) is 0 Å². The van der Waals surface area contributed by atoms with Crippen LogP contribution in [0.1, 0.15) is 37.0 Å². The number of aryl methyl sites for hydroxylation is 2. The highest BCUT2D eigenvalue weighted by atomic mass is 127. The molecule has 0 spiro atoms. The molecule has 2 atom stereocenters. The number of benzene rings is 1. The number of rotatable bonds is 6. The van der Waals surface area contributed by atoms with Crippen LogP contribution < -0.4 is 10.6 Å². The second-order valence-electron chi connectivity index (χ2n) is 7.15. The van der Waals surface area contributed by atoms with Crippen molar-refractivity contribution in [2.75, 3.05) is 33.2 Å². The average Bonchev–Trinajstić information content (AvgIpc) is 2.54. The van der Waals surface area contributed by atoms with E-state index >= 15 is 0 Å². The minimum absolute atomic E-state index is 0. The van der Waals surface area contributed by atoms with Crippen LogP contribution in [0, 0.1) is 13.8 Å². The molecule has 26 heavy (non-hydrogen) atoms. The van der Waals surface area contributed by atoms with E-state index in [4.69, 9.17) is 4.74 Å². The molecular formula is C20H35IN4O. The van der Waals surface area contributed by atoms with Gasteiger partial charge in [-0.1, -0.05) is 23.8 Å². The molecule has 0 aliphatic carbocycles. The summed E-state index contributed by atoms with van der Waals surface area (Å²) in [5, 5.41) is 6.82. The van der Waals surface area contributed by atoms with Gasteiger partial charge >= 0.3 is 0 Å². The van der Waals surface area contributed by atoms with Gasteiger partial charge in [-0.05, 0) is 45.2 Å². The van der Waals surface area contributed by atoms with Gasteiger partial charge in [-0.2, -0.15) is 0 Å². The highest BCUT2D eigenvalue weighted by molar-refractivity contribution is 14.0. The van der Waals surface area contributed by atoms with Crippen LogP contribution in [0.15, 0.2) is 23.2 Å². The van der Waals surface area contributed by atoms with Crippen molar-refractivity contribution in [2.24, 2.45) is 4.99 Å². The molecule has 1 aliphatic heterocycles. The van der Waals surface area contributed by atoms with Crippen molar-refractivity contribution in [3.05, 3.63) is 34.9 Å². The number of hydrogen-bond donors (Lipinski definition) is 2. The normalized spacial score (nSPS) is 21.2. The van der Waals surface area contributed by atoms with E-state index in [-0.39, 0.29) is 24.0 Å². The van der Waals surface area contributed by atoms with Crippen molar-refractivity contribution in [3.8, 4) is 0 Å². The first-order valence-corrected chi connectivity index (χ1v) is 9.36. The van der Waals surface area contributed by atoms with E-state index in [9.17, 15) is 0 Å². The van der Waals surface area contributed by atoms with E-state index in [0.717, 1.165) is 45.1 Å². The molecule has 1 aromatic rings. The van der Waals surface area contributed by atoms with Crippen LogP contribution in [0.2, 0.25) is 0 Å². The molecule has 0 aromatic heterocycles. The molecule has 1 heterocycles. The fourth-order valence-corrected chi connectivity index (χ4v) is 3.42. The summed E-state index contributed by atoms with van der Waals surface area (Å²) in [7, 11) is 1.82. The Morgan fingerprint density at radius 1 is 1.19 bits per heavy atom. The van der Waals surface area contributed by atoms with Gasteiger partial charge in [0.15, 0.2) is 5.96 Å². The van der Waals surface area contributed by atoms with Gasteiger partial charge in [0.05, 0.1) is 12.2 Å². The van der Waals surface area contributed by atoms with Gasteiger partial charge in [0.2, 0.25) is 0 Å². The van der Waals surface area contributed by atoms with E-state index in [1.165, 1.54) is 16.7 Å². The lowest BCUT2D eigenvalue weighted by Crippen LogP contribution is -2.46. The number of nitrogens with one attached hydrogen (secondary N) is 2. The molecule has 1 aliphatic rings. The van der Waals surface area contributed by atoms with Crippen LogP contribution >= 0.6 is 24.0 Å². The van der Waals surface area contributed by atoms with Crippen LogP contribution in [-0.2, 0) is 11.3 Å². The third-order valence-electron chi connectivity index (χ3n) is 4.61. The molecule has 6 heteroatoms. The summed E-state index contributed by atoms with van der Waals surface area (Å²) in [6, 6.07) is 6.56. The van der Waals surface area contributed by atoms with E-state index < -0.39 is 0 Å². The topological polar surface area (TPSA) is 48.9 Å². The van der Waals surface area contributed by atoms with Gasteiger partial charge in [0.1, 0.15) is 0 Å². The predicted octanol–water partition coefficient (Wildman–Crippen LogP) is 3.09. The third-order valence-corrected chi connectivity index (χ3v) is 4.61. The van der Waals surface area contributed by atoms with E-state index in [0.29, 0.717) is 12.2 Å². The van der Waals surface area contributed by atoms with Crippen molar-refractivity contribution >= 4 is 29.9 Å². The number of halogens is 1. The quantitative estimate of drug-likeness (QED) is 0.288. The molecule has 1 fully saturated rings. The molecule has 2 rings (SSSR count). The molecule has 1 saturated heterocycles. The second kappa shape index (κ2) is 11.8. The lowest BCUT2D eigenvalue weighted by Gasteiger charge is -2.35. The number of nitrogens with zero attached hydrogens (tertiary/aromatic N) is 2. The van der Waals surface area contributed by atoms with Gasteiger partial charge in [0.25, 0.3) is 0 Å². The third kappa shape index (κ3) is 7.80. The van der Waals surface area contributed by atoms with Gasteiger partial charge in [-0.15, -0.1) is 24.0 Å². The van der Waals surface area contributed by atoms with Crippen LogP contribution in [-0.4, -0.2) is 56.3 Å². The van der Waals surface area contributed by atoms with Crippen LogP contribution in [0.4, 0.5) is 0 Å². The summed E-state index contributed by atoms with van der Waals surface area (Å²) in [5.74, 6) is 0.865. The monoisotopic (exact) mass is 474 g/mol. The van der Waals surface area contributed by atoms with Crippen molar-refractivity contribution in [1.82, 2.24) is 15.5 Å². The van der Waals surface area contributed by atoms with E-state index in [2.05, 4.69) is 66.4 Å². The average molecular weight is 474 g/mol. The van der Waals surface area contributed by atoms with Gasteiger partial charge < -0.3 is 15.4 Å². The Balaban J connectivity index is 0.00000338. The number of hydrogen-bond acceptors (Lipinski definition) is 3. The fraction of sp³-hybridized carbons (Fsp3) is 0.650. The smallest absolute Gasteiger partial charge is 0.191 e. The number of morpholine rings is 1. The van der Waals surface area contributed by atoms with Crippen molar-refractivity contribution < 1.29 is 4.74 Å². The zero-order valence-corrected chi connectivity index (χ0v) is 19.2. The van der Waals surface area contributed by atoms with Crippen LogP contribution in [0.25, 0.3) is 0 Å². The predicted molar refractivity (Wildman–Crippen MR) is 121 cm³/mol. The lowest BCUT2D eigenvalue weighted by molar-refractivity contribution is -0.0679. The zero-order valence-electron chi connectivity index (χ0n) is 16.8. The first kappa shape index (κ1) is 23.2. The minimum Gasteiger partial charge on any atom is -0.373 e. The standard InChI is InChI=1S/C20H34N4O.HI/c1-15-7-8-19(16(2)11-15)12-23-20(21-5)22-9-6-10-24-13-17(3)25-18(4)14-24;/h7-8,11,17-18H,6,9-10,12-14H2,1-5H3,(H2,21,22,23);1H. The summed E-state index contributed by atoms with van der Waals surface area (Å²) in [5.41, 5.74) is 3.93. The van der Waals surface area contributed by atoms with Crippen LogP contribution in [0.3, 0.4) is 0 Å². The Labute approximate surface area is 176 Å². The molecule has 2 unspecified atom stereocenters. The Bertz CT molecular complexity index is 569. The van der Waals surface area contributed by atoms with Gasteiger partial charge in [-0.3, -0.25) is 9.89 Å². The Hall–Kier alpha value is -0.860. The molecule has 0 saturated carbocycles. The minimum atomic E-state index is 0. The molecule has 1 aromatic carbocycles. The molecular weight excluding hydrogens is 439 g/mol. The molecule has 0 radical (unpaired) electrons. The highest BCUT2D eigenvalue weighted by Crippen LogP contribution is 2.11. The molecule has 2 N–H and O–H groups in total. The number of ether oxygens (including phenoxy) is 1. The summed E-state index contributed by atoms with van der Waals surface area (Å²) < 4.78 is 5.78. The summed E-state index contributed by atoms with van der Waals surface area (Å²) in [6.45, 7) is 13.5. The summed E-state index contributed by atoms with van der Waals surface area (Å²) >= 11 is 0. The second-order valence-corrected chi connectivity index (χ2v) is 7.15. The highest BCUT2D eigenvalue weighted by Gasteiger charge is 2.21. The van der Waals surface area contributed by atoms with Gasteiger partial charge in [0, 0.05) is 39.8 Å². The number of guanidine groups is 1. The molecule has 0 bridgehead atoms. The van der Waals surface area contributed by atoms with Crippen molar-refractivity contribution in [1.29, 1.82) is 0 Å². The maximum atomic E-state index is 5.78. The van der Waals surface area contributed by atoms with E-state index in [1.54, 1.807) is 0 Å². The largest absolute Gasteiger partial charge is 0.373 e. The number of aliphatic imine (C=N–C) groups is 1. The Morgan fingerprint density at radius 3 is 2.50 bits per heavy atom. The Kier molecular flexibility index (Phi) is 10.5. The maximum absolute atomic E-state index is 5.78. The van der Waals surface area contributed by atoms with E-state index in [1.807, 2.05) is 7.05 Å². The summed E-state index contributed by atoms with van der Waals surface area (Å²) in [6.07, 6.45) is 1.77. The maximum Gasteiger partial charge on any atom is 0.191 e. The zero-order chi connectivity index (χ0) is 18.2. The fourth-order valence-electron chi connectivity index (χ4n) is 3.42. The van der Waals surface area contributed by atoms with Crippen molar-refractivity contribution in [3.63, 3.8) is 0 Å². The van der Waals surface area contributed by atoms with Crippen LogP contribution in [0.5, 0.6) is 0 Å². The summed E-state index contributed by atoms with van der Waals surface area (Å²) in [4.78, 5) is 6.81. The lowest BCUT2D eigenvalue weighted by atomic mass is 10.1. The molecule has 148 valence electrons. The molecule has 5 nitrogen and oxygen atoms in total.